The third-order valence-electron chi connectivity index (χ3n) is 1.82. The van der Waals surface area contributed by atoms with E-state index >= 15 is 0 Å². The fraction of sp³-hybridized carbons (Fsp3) is 0.444. The zero-order valence-corrected chi connectivity index (χ0v) is 8.80. The molecule has 1 aromatic heterocycles. The second-order valence-corrected chi connectivity index (χ2v) is 4.12. The Morgan fingerprint density at radius 1 is 1.79 bits per heavy atom. The van der Waals surface area contributed by atoms with E-state index in [0.29, 0.717) is 17.1 Å². The van der Waals surface area contributed by atoms with E-state index in [1.807, 2.05) is 6.92 Å². The van der Waals surface area contributed by atoms with Crippen LogP contribution in [0.15, 0.2) is 11.4 Å². The normalized spacial score (nSPS) is 12.4. The SMILES string of the molecule is CC(CO)CNC(=O)c1sccc1N. The first-order valence-electron chi connectivity index (χ1n) is 4.37. The van der Waals surface area contributed by atoms with Crippen molar-refractivity contribution >= 4 is 22.9 Å². The molecule has 1 aromatic rings. The van der Waals surface area contributed by atoms with E-state index < -0.39 is 0 Å². The number of rotatable bonds is 4. The maximum Gasteiger partial charge on any atom is 0.263 e. The molecule has 0 bridgehead atoms. The molecule has 0 saturated heterocycles. The van der Waals surface area contributed by atoms with Crippen LogP contribution in [-0.2, 0) is 0 Å². The van der Waals surface area contributed by atoms with E-state index in [0.717, 1.165) is 0 Å². The van der Waals surface area contributed by atoms with Crippen molar-refractivity contribution in [1.29, 1.82) is 0 Å². The van der Waals surface area contributed by atoms with Gasteiger partial charge < -0.3 is 16.2 Å². The van der Waals surface area contributed by atoms with Crippen molar-refractivity contribution in [2.45, 2.75) is 6.92 Å². The van der Waals surface area contributed by atoms with Gasteiger partial charge in [-0.1, -0.05) is 6.92 Å². The van der Waals surface area contributed by atoms with Crippen LogP contribution in [-0.4, -0.2) is 24.2 Å². The van der Waals surface area contributed by atoms with Gasteiger partial charge in [0.15, 0.2) is 0 Å². The highest BCUT2D eigenvalue weighted by molar-refractivity contribution is 7.12. The van der Waals surface area contributed by atoms with E-state index in [2.05, 4.69) is 5.32 Å². The first kappa shape index (κ1) is 11.0. The van der Waals surface area contributed by atoms with Gasteiger partial charge in [0.1, 0.15) is 4.88 Å². The van der Waals surface area contributed by atoms with Crippen molar-refractivity contribution in [2.75, 3.05) is 18.9 Å². The summed E-state index contributed by atoms with van der Waals surface area (Å²) in [6.07, 6.45) is 0. The number of amides is 1. The molecule has 1 amide bonds. The minimum absolute atomic E-state index is 0.0696. The van der Waals surface area contributed by atoms with E-state index in [-0.39, 0.29) is 18.4 Å². The number of carbonyl (C=O) groups excluding carboxylic acids is 1. The Bertz CT molecular complexity index is 312. The quantitative estimate of drug-likeness (QED) is 0.690. The molecular formula is C9H14N2O2S. The van der Waals surface area contributed by atoms with E-state index in [9.17, 15) is 4.79 Å². The highest BCUT2D eigenvalue weighted by Gasteiger charge is 2.11. The van der Waals surface area contributed by atoms with Gasteiger partial charge in [0.2, 0.25) is 0 Å². The van der Waals surface area contributed by atoms with Crippen LogP contribution in [0.3, 0.4) is 0 Å². The summed E-state index contributed by atoms with van der Waals surface area (Å²) >= 11 is 1.32. The summed E-state index contributed by atoms with van der Waals surface area (Å²) in [6.45, 7) is 2.39. The number of aliphatic hydroxyl groups is 1. The van der Waals surface area contributed by atoms with Crippen molar-refractivity contribution in [1.82, 2.24) is 5.32 Å². The van der Waals surface area contributed by atoms with Gasteiger partial charge in [-0.25, -0.2) is 0 Å². The lowest BCUT2D eigenvalue weighted by Gasteiger charge is -2.08. The average molecular weight is 214 g/mol. The Labute approximate surface area is 86.7 Å². The van der Waals surface area contributed by atoms with Gasteiger partial charge in [-0.2, -0.15) is 0 Å². The summed E-state index contributed by atoms with van der Waals surface area (Å²) in [7, 11) is 0. The molecule has 4 N–H and O–H groups in total. The van der Waals surface area contributed by atoms with Crippen LogP contribution in [0.4, 0.5) is 5.69 Å². The summed E-state index contributed by atoms with van der Waals surface area (Å²) in [5.74, 6) is -0.0991. The monoisotopic (exact) mass is 214 g/mol. The molecular weight excluding hydrogens is 200 g/mol. The fourth-order valence-corrected chi connectivity index (χ4v) is 1.65. The number of hydrogen-bond acceptors (Lipinski definition) is 4. The molecule has 1 heterocycles. The summed E-state index contributed by atoms with van der Waals surface area (Å²) in [5.41, 5.74) is 6.08. The van der Waals surface area contributed by atoms with E-state index in [4.69, 9.17) is 10.8 Å². The zero-order chi connectivity index (χ0) is 10.6. The molecule has 0 fully saturated rings. The second kappa shape index (κ2) is 4.97. The molecule has 4 nitrogen and oxygen atoms in total. The maximum atomic E-state index is 11.5. The molecule has 1 rings (SSSR count). The third kappa shape index (κ3) is 2.71. The van der Waals surface area contributed by atoms with Crippen molar-refractivity contribution in [3.63, 3.8) is 0 Å². The number of nitrogens with one attached hydrogen (secondary N) is 1. The molecule has 0 radical (unpaired) electrons. The highest BCUT2D eigenvalue weighted by Crippen LogP contribution is 2.18. The van der Waals surface area contributed by atoms with Crippen LogP contribution in [0.5, 0.6) is 0 Å². The number of anilines is 1. The Morgan fingerprint density at radius 2 is 2.50 bits per heavy atom. The molecule has 14 heavy (non-hydrogen) atoms. The largest absolute Gasteiger partial charge is 0.397 e. The topological polar surface area (TPSA) is 75.3 Å². The molecule has 0 aliphatic rings. The van der Waals surface area contributed by atoms with Crippen LogP contribution in [0, 0.1) is 5.92 Å². The van der Waals surface area contributed by atoms with Gasteiger partial charge in [-0.15, -0.1) is 11.3 Å². The number of hydrogen-bond donors (Lipinski definition) is 3. The van der Waals surface area contributed by atoms with Crippen LogP contribution < -0.4 is 11.1 Å². The number of aliphatic hydroxyl groups excluding tert-OH is 1. The third-order valence-corrected chi connectivity index (χ3v) is 2.75. The van der Waals surface area contributed by atoms with Crippen molar-refractivity contribution in [3.8, 4) is 0 Å². The number of nitrogens with two attached hydrogens (primary N) is 1. The molecule has 1 atom stereocenters. The molecule has 0 spiro atoms. The van der Waals surface area contributed by atoms with Gasteiger partial charge >= 0.3 is 0 Å². The predicted molar refractivity (Wildman–Crippen MR) is 57.3 cm³/mol. The predicted octanol–water partition coefficient (Wildman–Crippen LogP) is 0.689. The lowest BCUT2D eigenvalue weighted by Crippen LogP contribution is -2.29. The first-order valence-corrected chi connectivity index (χ1v) is 5.25. The summed E-state index contributed by atoms with van der Waals surface area (Å²) in [5, 5.41) is 13.2. The zero-order valence-electron chi connectivity index (χ0n) is 7.99. The van der Waals surface area contributed by atoms with Gasteiger partial charge in [0.25, 0.3) is 5.91 Å². The number of thiophene rings is 1. The maximum absolute atomic E-state index is 11.5. The molecule has 0 saturated carbocycles. The van der Waals surface area contributed by atoms with Crippen LogP contribution in [0.25, 0.3) is 0 Å². The number of carbonyl (C=O) groups is 1. The molecule has 78 valence electrons. The Hall–Kier alpha value is -1.07. The van der Waals surface area contributed by atoms with Crippen molar-refractivity contribution < 1.29 is 9.90 Å². The van der Waals surface area contributed by atoms with Crippen LogP contribution in [0.1, 0.15) is 16.6 Å². The van der Waals surface area contributed by atoms with Crippen LogP contribution in [0.2, 0.25) is 0 Å². The van der Waals surface area contributed by atoms with Gasteiger partial charge in [-0.05, 0) is 17.4 Å². The minimum atomic E-state index is -0.169. The Kier molecular flexibility index (Phi) is 3.91. The van der Waals surface area contributed by atoms with Gasteiger partial charge in [0, 0.05) is 13.2 Å². The Balaban J connectivity index is 2.47. The van der Waals surface area contributed by atoms with E-state index in [1.165, 1.54) is 11.3 Å². The van der Waals surface area contributed by atoms with Crippen molar-refractivity contribution in [2.24, 2.45) is 5.92 Å². The second-order valence-electron chi connectivity index (χ2n) is 3.20. The standard InChI is InChI=1S/C9H14N2O2S/c1-6(5-12)4-11-9(13)8-7(10)2-3-14-8/h2-3,6,12H,4-5,10H2,1H3,(H,11,13). The lowest BCUT2D eigenvalue weighted by atomic mass is 10.2. The van der Waals surface area contributed by atoms with Gasteiger partial charge in [-0.3, -0.25) is 4.79 Å². The fourth-order valence-electron chi connectivity index (χ4n) is 0.915. The molecule has 0 aromatic carbocycles. The van der Waals surface area contributed by atoms with Crippen molar-refractivity contribution in [3.05, 3.63) is 16.3 Å². The lowest BCUT2D eigenvalue weighted by molar-refractivity contribution is 0.0947. The molecule has 5 heteroatoms. The molecule has 1 unspecified atom stereocenters. The Morgan fingerprint density at radius 3 is 3.00 bits per heavy atom. The minimum Gasteiger partial charge on any atom is -0.397 e. The molecule has 0 aliphatic carbocycles. The molecule has 0 aliphatic heterocycles. The van der Waals surface area contributed by atoms with Crippen LogP contribution >= 0.6 is 11.3 Å². The summed E-state index contributed by atoms with van der Waals surface area (Å²) in [6, 6.07) is 1.70. The van der Waals surface area contributed by atoms with E-state index in [1.54, 1.807) is 11.4 Å². The number of nitrogen functional groups attached to an aromatic ring is 1. The smallest absolute Gasteiger partial charge is 0.263 e. The average Bonchev–Trinajstić information content (AvgIpc) is 2.60. The van der Waals surface area contributed by atoms with Gasteiger partial charge in [0.05, 0.1) is 5.69 Å². The summed E-state index contributed by atoms with van der Waals surface area (Å²) < 4.78 is 0. The summed E-state index contributed by atoms with van der Waals surface area (Å²) in [4.78, 5) is 12.0. The highest BCUT2D eigenvalue weighted by atomic mass is 32.1. The first-order chi connectivity index (χ1) is 6.65.